The molecule has 6 nitrogen and oxygen atoms in total. The highest BCUT2D eigenvalue weighted by molar-refractivity contribution is 5.26. The molecule has 0 aliphatic rings. The summed E-state index contributed by atoms with van der Waals surface area (Å²) in [6.45, 7) is 2.59. The second kappa shape index (κ2) is 6.05. The van der Waals surface area contributed by atoms with E-state index < -0.39 is 0 Å². The Hall–Kier alpha value is -1.82. The molecule has 0 spiro atoms. The summed E-state index contributed by atoms with van der Waals surface area (Å²) in [4.78, 5) is 8.04. The number of aromatic nitrogens is 4. The van der Waals surface area contributed by atoms with E-state index in [9.17, 15) is 0 Å². The molecule has 2 rings (SSSR count). The zero-order valence-corrected chi connectivity index (χ0v) is 10.6. The van der Waals surface area contributed by atoms with Crippen molar-refractivity contribution in [2.75, 3.05) is 12.3 Å². The first-order chi connectivity index (χ1) is 8.04. The van der Waals surface area contributed by atoms with E-state index in [0.717, 1.165) is 17.9 Å². The number of nitrogen functional groups attached to an aromatic ring is 1. The lowest BCUT2D eigenvalue weighted by Crippen LogP contribution is -2.02. The predicted octanol–water partition coefficient (Wildman–Crippen LogP) is 0.232. The highest BCUT2D eigenvalue weighted by Crippen LogP contribution is 2.00. The molecule has 2 heterocycles. The van der Waals surface area contributed by atoms with Crippen molar-refractivity contribution < 1.29 is 0 Å². The molecule has 0 aromatic carbocycles. The van der Waals surface area contributed by atoms with Gasteiger partial charge in [0.1, 0.15) is 11.6 Å². The average molecular weight is 236 g/mol. The van der Waals surface area contributed by atoms with Crippen LogP contribution in [0.25, 0.3) is 0 Å². The average Bonchev–Trinajstić information content (AvgIpc) is 2.82. The van der Waals surface area contributed by atoms with Gasteiger partial charge in [0.05, 0.1) is 18.2 Å². The molecule has 0 bridgehead atoms. The highest BCUT2D eigenvalue weighted by Gasteiger charge is 1.93. The van der Waals surface area contributed by atoms with E-state index in [1.54, 1.807) is 12.5 Å². The van der Waals surface area contributed by atoms with Gasteiger partial charge in [-0.2, -0.15) is 0 Å². The maximum absolute atomic E-state index is 5.44. The molecule has 0 amide bonds. The SMILES string of the molecule is Cc1ncc(N)n1C.Cn1cnc(CCN)c1. The Bertz CT molecular complexity index is 437. The molecule has 0 fully saturated rings. The van der Waals surface area contributed by atoms with E-state index in [1.165, 1.54) is 0 Å². The number of hydrogen-bond acceptors (Lipinski definition) is 4. The van der Waals surface area contributed by atoms with Crippen LogP contribution in [0.1, 0.15) is 11.5 Å². The van der Waals surface area contributed by atoms with Gasteiger partial charge in [0.15, 0.2) is 0 Å². The first-order valence-corrected chi connectivity index (χ1v) is 5.45. The second-order valence-electron chi connectivity index (χ2n) is 3.86. The number of aryl methyl sites for hydroxylation is 2. The van der Waals surface area contributed by atoms with Crippen LogP contribution in [0, 0.1) is 6.92 Å². The van der Waals surface area contributed by atoms with Crippen LogP contribution in [-0.2, 0) is 20.5 Å². The molecule has 0 aliphatic heterocycles. The largest absolute Gasteiger partial charge is 0.384 e. The number of nitrogens with two attached hydrogens (primary N) is 2. The summed E-state index contributed by atoms with van der Waals surface area (Å²) in [5.41, 5.74) is 11.8. The number of imidazole rings is 2. The molecule has 0 unspecified atom stereocenters. The van der Waals surface area contributed by atoms with Crippen molar-refractivity contribution in [3.8, 4) is 0 Å². The molecule has 94 valence electrons. The second-order valence-corrected chi connectivity index (χ2v) is 3.86. The third-order valence-corrected chi connectivity index (χ3v) is 2.42. The minimum atomic E-state index is 0.678. The molecule has 0 saturated heterocycles. The van der Waals surface area contributed by atoms with Gasteiger partial charge in [0.25, 0.3) is 0 Å². The van der Waals surface area contributed by atoms with Gasteiger partial charge in [0.2, 0.25) is 0 Å². The number of rotatable bonds is 2. The van der Waals surface area contributed by atoms with E-state index in [2.05, 4.69) is 9.97 Å². The molecular weight excluding hydrogens is 216 g/mol. The van der Waals surface area contributed by atoms with Gasteiger partial charge in [-0.3, -0.25) is 0 Å². The molecule has 0 atom stereocenters. The van der Waals surface area contributed by atoms with E-state index >= 15 is 0 Å². The zero-order valence-electron chi connectivity index (χ0n) is 10.6. The smallest absolute Gasteiger partial charge is 0.123 e. The molecule has 4 N–H and O–H groups in total. The van der Waals surface area contributed by atoms with E-state index in [1.807, 2.05) is 36.4 Å². The zero-order chi connectivity index (χ0) is 12.8. The molecule has 0 aliphatic carbocycles. The van der Waals surface area contributed by atoms with Crippen LogP contribution in [0.3, 0.4) is 0 Å². The van der Waals surface area contributed by atoms with Gasteiger partial charge >= 0.3 is 0 Å². The molecular formula is C11H20N6. The summed E-state index contributed by atoms with van der Waals surface area (Å²) in [6, 6.07) is 0. The van der Waals surface area contributed by atoms with Crippen LogP contribution in [0.4, 0.5) is 5.82 Å². The third kappa shape index (κ3) is 3.92. The van der Waals surface area contributed by atoms with Crippen molar-refractivity contribution in [2.24, 2.45) is 19.8 Å². The molecule has 0 radical (unpaired) electrons. The van der Waals surface area contributed by atoms with Gasteiger partial charge in [-0.15, -0.1) is 0 Å². The highest BCUT2D eigenvalue weighted by atomic mass is 15.1. The monoisotopic (exact) mass is 236 g/mol. The number of anilines is 1. The van der Waals surface area contributed by atoms with Crippen LogP contribution in [0.2, 0.25) is 0 Å². The van der Waals surface area contributed by atoms with E-state index in [4.69, 9.17) is 11.5 Å². The minimum absolute atomic E-state index is 0.678. The van der Waals surface area contributed by atoms with Crippen LogP contribution in [-0.4, -0.2) is 25.6 Å². The lowest BCUT2D eigenvalue weighted by Gasteiger charge is -1.93. The Morgan fingerprint density at radius 2 is 2.00 bits per heavy atom. The number of hydrogen-bond donors (Lipinski definition) is 2. The van der Waals surface area contributed by atoms with Gasteiger partial charge in [-0.25, -0.2) is 9.97 Å². The van der Waals surface area contributed by atoms with Crippen LogP contribution >= 0.6 is 0 Å². The van der Waals surface area contributed by atoms with Crippen molar-refractivity contribution in [3.05, 3.63) is 30.2 Å². The van der Waals surface area contributed by atoms with Crippen LogP contribution in [0.15, 0.2) is 18.7 Å². The standard InChI is InChI=1S/C6H11N3.C5H9N3/c1-9-4-6(2-3-7)8-5-9;1-4-7-3-5(6)8(4)2/h4-5H,2-3,7H2,1H3;3H,6H2,1-2H3. The Kier molecular flexibility index (Phi) is 4.71. The first kappa shape index (κ1) is 13.2. The lowest BCUT2D eigenvalue weighted by molar-refractivity contribution is 0.868. The Morgan fingerprint density at radius 1 is 1.29 bits per heavy atom. The fraction of sp³-hybridized carbons (Fsp3) is 0.455. The topological polar surface area (TPSA) is 87.7 Å². The Balaban J connectivity index is 0.000000171. The maximum atomic E-state index is 5.44. The third-order valence-electron chi connectivity index (χ3n) is 2.42. The molecule has 0 saturated carbocycles. The van der Waals surface area contributed by atoms with Gasteiger partial charge < -0.3 is 20.6 Å². The number of nitrogens with zero attached hydrogens (tertiary/aromatic N) is 4. The minimum Gasteiger partial charge on any atom is -0.384 e. The van der Waals surface area contributed by atoms with Crippen LogP contribution in [0.5, 0.6) is 0 Å². The fourth-order valence-electron chi connectivity index (χ4n) is 1.26. The molecule has 2 aromatic heterocycles. The lowest BCUT2D eigenvalue weighted by atomic mass is 10.3. The summed E-state index contributed by atoms with van der Waals surface area (Å²) < 4.78 is 3.75. The van der Waals surface area contributed by atoms with E-state index in [0.29, 0.717) is 12.4 Å². The predicted molar refractivity (Wildman–Crippen MR) is 68.3 cm³/mol. The summed E-state index contributed by atoms with van der Waals surface area (Å²) in [6.07, 6.45) is 6.29. The van der Waals surface area contributed by atoms with Crippen molar-refractivity contribution in [2.45, 2.75) is 13.3 Å². The molecule has 2 aromatic rings. The summed E-state index contributed by atoms with van der Waals surface area (Å²) >= 11 is 0. The summed E-state index contributed by atoms with van der Waals surface area (Å²) in [7, 11) is 3.84. The quantitative estimate of drug-likeness (QED) is 0.781. The normalized spacial score (nSPS) is 9.88. The van der Waals surface area contributed by atoms with Crippen molar-refractivity contribution in [3.63, 3.8) is 0 Å². The Morgan fingerprint density at radius 3 is 2.29 bits per heavy atom. The summed E-state index contributed by atoms with van der Waals surface area (Å²) in [5, 5.41) is 0. The molecule has 17 heavy (non-hydrogen) atoms. The van der Waals surface area contributed by atoms with E-state index in [-0.39, 0.29) is 0 Å². The summed E-state index contributed by atoms with van der Waals surface area (Å²) in [5.74, 6) is 1.66. The van der Waals surface area contributed by atoms with Crippen molar-refractivity contribution in [1.82, 2.24) is 19.1 Å². The first-order valence-electron chi connectivity index (χ1n) is 5.45. The molecule has 6 heteroatoms. The van der Waals surface area contributed by atoms with Crippen molar-refractivity contribution >= 4 is 5.82 Å². The van der Waals surface area contributed by atoms with Gasteiger partial charge in [-0.1, -0.05) is 0 Å². The van der Waals surface area contributed by atoms with Gasteiger partial charge in [-0.05, 0) is 13.5 Å². The Labute approximate surface area is 101 Å². The van der Waals surface area contributed by atoms with Crippen LogP contribution < -0.4 is 11.5 Å². The maximum Gasteiger partial charge on any atom is 0.123 e. The van der Waals surface area contributed by atoms with Crippen molar-refractivity contribution in [1.29, 1.82) is 0 Å². The fourth-order valence-corrected chi connectivity index (χ4v) is 1.26. The van der Waals surface area contributed by atoms with Gasteiger partial charge in [0, 0.05) is 26.7 Å².